The number of piperidine rings is 1. The molecule has 1 fully saturated rings. The van der Waals surface area contributed by atoms with Gasteiger partial charge in [0.1, 0.15) is 17.5 Å². The van der Waals surface area contributed by atoms with Crippen LogP contribution < -0.4 is 4.74 Å². The maximum atomic E-state index is 11.8. The minimum atomic E-state index is -0.647. The van der Waals surface area contributed by atoms with Crippen molar-refractivity contribution in [2.24, 2.45) is 5.92 Å². The fraction of sp³-hybridized carbons (Fsp3) is 0.529. The highest BCUT2D eigenvalue weighted by Crippen LogP contribution is 2.19. The van der Waals surface area contributed by atoms with Crippen LogP contribution in [0.5, 0.6) is 5.75 Å². The standard InChI is InChI=1S/C17H23NO4/c1-3-10-22-14-6-4-13(5-7-14)11-18-9-8-16(19)15(12-18)17(20)21-2/h4-7,15H,3,8-12H2,1-2H3. The average Bonchev–Trinajstić information content (AvgIpc) is 2.55. The summed E-state index contributed by atoms with van der Waals surface area (Å²) in [5.41, 5.74) is 1.14. The third-order valence-corrected chi connectivity index (χ3v) is 3.79. The number of carbonyl (C=O) groups is 2. The average molecular weight is 305 g/mol. The van der Waals surface area contributed by atoms with E-state index in [1.54, 1.807) is 0 Å². The largest absolute Gasteiger partial charge is 0.494 e. The molecule has 0 aliphatic carbocycles. The molecule has 0 radical (unpaired) electrons. The number of ketones is 1. The number of likely N-dealkylation sites (tertiary alicyclic amines) is 1. The van der Waals surface area contributed by atoms with Crippen LogP contribution in [0, 0.1) is 5.92 Å². The van der Waals surface area contributed by atoms with Crippen molar-refractivity contribution in [2.45, 2.75) is 26.3 Å². The van der Waals surface area contributed by atoms with Crippen LogP contribution in [0.1, 0.15) is 25.3 Å². The van der Waals surface area contributed by atoms with Gasteiger partial charge in [-0.2, -0.15) is 0 Å². The molecule has 5 heteroatoms. The van der Waals surface area contributed by atoms with Gasteiger partial charge >= 0.3 is 5.97 Å². The molecule has 0 bridgehead atoms. The van der Waals surface area contributed by atoms with Crippen molar-refractivity contribution in [2.75, 3.05) is 26.8 Å². The van der Waals surface area contributed by atoms with Crippen molar-refractivity contribution in [3.8, 4) is 5.75 Å². The third kappa shape index (κ3) is 4.31. The SMILES string of the molecule is CCCOc1ccc(CN2CCC(=O)C(C(=O)OC)C2)cc1. The van der Waals surface area contributed by atoms with Gasteiger partial charge in [0.25, 0.3) is 0 Å². The maximum Gasteiger partial charge on any atom is 0.317 e. The first kappa shape index (κ1) is 16.5. The number of nitrogens with zero attached hydrogens (tertiary/aromatic N) is 1. The van der Waals surface area contributed by atoms with Crippen molar-refractivity contribution < 1.29 is 19.1 Å². The number of benzene rings is 1. The molecular formula is C17H23NO4. The van der Waals surface area contributed by atoms with Crippen LogP contribution in [0.15, 0.2) is 24.3 Å². The zero-order valence-electron chi connectivity index (χ0n) is 13.2. The van der Waals surface area contributed by atoms with Gasteiger partial charge < -0.3 is 9.47 Å². The zero-order valence-corrected chi connectivity index (χ0v) is 13.2. The summed E-state index contributed by atoms with van der Waals surface area (Å²) in [4.78, 5) is 25.5. The summed E-state index contributed by atoms with van der Waals surface area (Å²) in [6, 6.07) is 7.96. The lowest BCUT2D eigenvalue weighted by Gasteiger charge is -2.30. The molecule has 22 heavy (non-hydrogen) atoms. The van der Waals surface area contributed by atoms with E-state index in [1.807, 2.05) is 24.3 Å². The summed E-state index contributed by atoms with van der Waals surface area (Å²) in [6.07, 6.45) is 1.38. The van der Waals surface area contributed by atoms with Crippen LogP contribution in [0.3, 0.4) is 0 Å². The second-order valence-corrected chi connectivity index (χ2v) is 5.52. The van der Waals surface area contributed by atoms with Crippen molar-refractivity contribution in [3.05, 3.63) is 29.8 Å². The molecule has 2 rings (SSSR count). The van der Waals surface area contributed by atoms with Gasteiger partial charge in [0.05, 0.1) is 13.7 Å². The van der Waals surface area contributed by atoms with Gasteiger partial charge in [-0.25, -0.2) is 0 Å². The van der Waals surface area contributed by atoms with E-state index >= 15 is 0 Å². The molecule has 0 amide bonds. The quantitative estimate of drug-likeness (QED) is 0.594. The number of carbonyl (C=O) groups excluding carboxylic acids is 2. The summed E-state index contributed by atoms with van der Waals surface area (Å²) in [5, 5.41) is 0. The smallest absolute Gasteiger partial charge is 0.317 e. The molecule has 1 aliphatic heterocycles. The Morgan fingerprint density at radius 2 is 2.05 bits per heavy atom. The highest BCUT2D eigenvalue weighted by atomic mass is 16.5. The Kier molecular flexibility index (Phi) is 5.95. The molecule has 0 spiro atoms. The second-order valence-electron chi connectivity index (χ2n) is 5.52. The Labute approximate surface area is 131 Å². The molecule has 0 N–H and O–H groups in total. The Bertz CT molecular complexity index is 504. The normalized spacial score (nSPS) is 19.0. The van der Waals surface area contributed by atoms with Crippen molar-refractivity contribution in [1.82, 2.24) is 4.90 Å². The Balaban J connectivity index is 1.92. The highest BCUT2D eigenvalue weighted by Gasteiger charge is 2.33. The predicted molar refractivity (Wildman–Crippen MR) is 82.6 cm³/mol. The number of methoxy groups -OCH3 is 1. The van der Waals surface area contributed by atoms with Crippen molar-refractivity contribution >= 4 is 11.8 Å². The van der Waals surface area contributed by atoms with Gasteiger partial charge in [0.2, 0.25) is 0 Å². The van der Waals surface area contributed by atoms with Crippen molar-refractivity contribution in [1.29, 1.82) is 0 Å². The van der Waals surface area contributed by atoms with Crippen molar-refractivity contribution in [3.63, 3.8) is 0 Å². The molecule has 0 saturated carbocycles. The van der Waals surface area contributed by atoms with Crippen LogP contribution in [-0.2, 0) is 20.9 Å². The van der Waals surface area contributed by atoms with E-state index in [9.17, 15) is 9.59 Å². The molecule has 1 unspecified atom stereocenters. The fourth-order valence-electron chi connectivity index (χ4n) is 2.55. The van der Waals surface area contributed by atoms with Gasteiger partial charge in [0, 0.05) is 26.1 Å². The van der Waals surface area contributed by atoms with E-state index in [0.29, 0.717) is 26.1 Å². The molecule has 0 aromatic heterocycles. The van der Waals surface area contributed by atoms with Gasteiger partial charge in [-0.15, -0.1) is 0 Å². The molecule has 1 aromatic carbocycles. The molecule has 5 nitrogen and oxygen atoms in total. The fourth-order valence-corrected chi connectivity index (χ4v) is 2.55. The van der Waals surface area contributed by atoms with E-state index in [4.69, 9.17) is 9.47 Å². The minimum absolute atomic E-state index is 0.0218. The first-order valence-corrected chi connectivity index (χ1v) is 7.68. The Hall–Kier alpha value is -1.88. The lowest BCUT2D eigenvalue weighted by Crippen LogP contribution is -2.44. The maximum absolute atomic E-state index is 11.8. The highest BCUT2D eigenvalue weighted by molar-refractivity contribution is 5.99. The molecule has 1 aliphatic rings. The molecule has 1 aromatic rings. The number of rotatable bonds is 6. The van der Waals surface area contributed by atoms with E-state index in [2.05, 4.69) is 11.8 Å². The Morgan fingerprint density at radius 3 is 2.68 bits per heavy atom. The van der Waals surface area contributed by atoms with Crippen LogP contribution >= 0.6 is 0 Å². The number of esters is 1. The van der Waals surface area contributed by atoms with E-state index in [1.165, 1.54) is 7.11 Å². The molecular weight excluding hydrogens is 282 g/mol. The summed E-state index contributed by atoms with van der Waals surface area (Å²) in [5.74, 6) is -0.234. The molecule has 1 heterocycles. The van der Waals surface area contributed by atoms with Crippen LogP contribution in [0.25, 0.3) is 0 Å². The van der Waals surface area contributed by atoms with E-state index in [-0.39, 0.29) is 5.78 Å². The lowest BCUT2D eigenvalue weighted by atomic mass is 9.96. The number of Topliss-reactive ketones (excluding diaryl/α,β-unsaturated/α-hetero) is 1. The van der Waals surface area contributed by atoms with Gasteiger partial charge in [-0.3, -0.25) is 14.5 Å². The summed E-state index contributed by atoms with van der Waals surface area (Å²) in [6.45, 7) is 4.62. The second kappa shape index (κ2) is 7.94. The van der Waals surface area contributed by atoms with Gasteiger partial charge in [-0.05, 0) is 24.1 Å². The van der Waals surface area contributed by atoms with Crippen LogP contribution in [0.4, 0.5) is 0 Å². The molecule has 120 valence electrons. The number of hydrogen-bond acceptors (Lipinski definition) is 5. The monoisotopic (exact) mass is 305 g/mol. The Morgan fingerprint density at radius 1 is 1.32 bits per heavy atom. The zero-order chi connectivity index (χ0) is 15.9. The van der Waals surface area contributed by atoms with Gasteiger partial charge in [0.15, 0.2) is 0 Å². The predicted octanol–water partition coefficient (Wildman–Crippen LogP) is 2.04. The van der Waals surface area contributed by atoms with Gasteiger partial charge in [-0.1, -0.05) is 19.1 Å². The first-order chi connectivity index (χ1) is 10.6. The van der Waals surface area contributed by atoms with E-state index < -0.39 is 11.9 Å². The molecule has 1 saturated heterocycles. The minimum Gasteiger partial charge on any atom is -0.494 e. The van der Waals surface area contributed by atoms with Crippen LogP contribution in [0.2, 0.25) is 0 Å². The summed E-state index contributed by atoms with van der Waals surface area (Å²) >= 11 is 0. The first-order valence-electron chi connectivity index (χ1n) is 7.68. The summed E-state index contributed by atoms with van der Waals surface area (Å²) < 4.78 is 10.3. The number of ether oxygens (including phenoxy) is 2. The van der Waals surface area contributed by atoms with Crippen LogP contribution in [-0.4, -0.2) is 43.5 Å². The molecule has 1 atom stereocenters. The van der Waals surface area contributed by atoms with E-state index in [0.717, 1.165) is 24.3 Å². The third-order valence-electron chi connectivity index (χ3n) is 3.79. The summed E-state index contributed by atoms with van der Waals surface area (Å²) in [7, 11) is 1.32. The lowest BCUT2D eigenvalue weighted by molar-refractivity contribution is -0.152. The number of hydrogen-bond donors (Lipinski definition) is 0. The topological polar surface area (TPSA) is 55.8 Å².